The normalized spacial score (nSPS) is 14.8. The maximum atomic E-state index is 13.0. The maximum Gasteiger partial charge on any atom is 0.243 e. The van der Waals surface area contributed by atoms with Crippen LogP contribution in [0.4, 0.5) is 10.3 Å². The van der Waals surface area contributed by atoms with Crippen LogP contribution in [0.25, 0.3) is 5.65 Å². The molecule has 2 heterocycles. The number of pyridine rings is 1. The van der Waals surface area contributed by atoms with Crippen molar-refractivity contribution in [2.24, 2.45) is 5.92 Å². The predicted molar refractivity (Wildman–Crippen MR) is 71.5 cm³/mol. The van der Waals surface area contributed by atoms with Crippen molar-refractivity contribution in [3.05, 3.63) is 24.1 Å². The first kappa shape index (κ1) is 13.7. The molecule has 104 valence electrons. The van der Waals surface area contributed by atoms with Crippen LogP contribution in [-0.2, 0) is 0 Å². The Morgan fingerprint density at radius 1 is 1.47 bits per heavy atom. The number of rotatable bonds is 5. The molecule has 0 amide bonds. The summed E-state index contributed by atoms with van der Waals surface area (Å²) in [5, 5.41) is 17.3. The maximum absolute atomic E-state index is 13.0. The van der Waals surface area contributed by atoms with Crippen LogP contribution < -0.4 is 5.32 Å². The summed E-state index contributed by atoms with van der Waals surface area (Å²) in [4.78, 5) is 4.20. The first-order valence-corrected chi connectivity index (χ1v) is 6.34. The van der Waals surface area contributed by atoms with E-state index in [9.17, 15) is 9.50 Å². The molecule has 0 aliphatic carbocycles. The predicted octanol–water partition coefficient (Wildman–Crippen LogP) is 2.08. The number of aromatic nitrogens is 3. The summed E-state index contributed by atoms with van der Waals surface area (Å²) in [6.07, 6.45) is 1.95. The molecule has 0 aliphatic rings. The lowest BCUT2D eigenvalue weighted by Crippen LogP contribution is -2.35. The number of fused-ring (bicyclic) bond motifs is 1. The van der Waals surface area contributed by atoms with Crippen LogP contribution in [0.15, 0.2) is 18.3 Å². The minimum Gasteiger partial charge on any atom is -0.388 e. The van der Waals surface area contributed by atoms with Crippen molar-refractivity contribution >= 4 is 11.6 Å². The van der Waals surface area contributed by atoms with Crippen LogP contribution in [0.1, 0.15) is 27.2 Å². The van der Waals surface area contributed by atoms with E-state index in [-0.39, 0.29) is 5.82 Å². The van der Waals surface area contributed by atoms with Gasteiger partial charge in [-0.1, -0.05) is 13.8 Å². The first-order valence-electron chi connectivity index (χ1n) is 6.34. The monoisotopic (exact) mass is 266 g/mol. The first-order chi connectivity index (χ1) is 8.85. The van der Waals surface area contributed by atoms with Gasteiger partial charge in [0.25, 0.3) is 0 Å². The quantitative estimate of drug-likeness (QED) is 0.869. The number of anilines is 1. The molecule has 0 saturated heterocycles. The van der Waals surface area contributed by atoms with Crippen LogP contribution in [0.3, 0.4) is 0 Å². The smallest absolute Gasteiger partial charge is 0.243 e. The summed E-state index contributed by atoms with van der Waals surface area (Å²) in [6.45, 7) is 6.24. The Balaban J connectivity index is 2.05. The summed E-state index contributed by atoms with van der Waals surface area (Å²) in [5.41, 5.74) is -0.260. The summed E-state index contributed by atoms with van der Waals surface area (Å²) < 4.78 is 14.4. The van der Waals surface area contributed by atoms with Gasteiger partial charge in [0.05, 0.1) is 11.8 Å². The van der Waals surface area contributed by atoms with Gasteiger partial charge in [-0.05, 0) is 31.4 Å². The Hall–Kier alpha value is -1.69. The van der Waals surface area contributed by atoms with Crippen molar-refractivity contribution in [2.75, 3.05) is 11.9 Å². The molecule has 0 aliphatic heterocycles. The van der Waals surface area contributed by atoms with Gasteiger partial charge in [-0.15, -0.1) is 5.10 Å². The van der Waals surface area contributed by atoms with Crippen LogP contribution >= 0.6 is 0 Å². The molecule has 0 spiro atoms. The molecule has 0 saturated carbocycles. The molecule has 2 aromatic heterocycles. The summed E-state index contributed by atoms with van der Waals surface area (Å²) in [6, 6.07) is 2.89. The molecule has 0 fully saturated rings. The molecule has 2 N–H and O–H groups in total. The van der Waals surface area contributed by atoms with Crippen molar-refractivity contribution < 1.29 is 9.50 Å². The van der Waals surface area contributed by atoms with E-state index in [1.165, 1.54) is 16.8 Å². The highest BCUT2D eigenvalue weighted by Gasteiger charge is 2.22. The van der Waals surface area contributed by atoms with Crippen LogP contribution in [-0.4, -0.2) is 31.9 Å². The molecule has 1 unspecified atom stereocenters. The van der Waals surface area contributed by atoms with Crippen LogP contribution in [0.2, 0.25) is 0 Å². The Labute approximate surface area is 111 Å². The SMILES string of the molecule is CC(C)CC(C)(O)CNc1nc2ccc(F)cn2n1. The van der Waals surface area contributed by atoms with Crippen LogP contribution in [0.5, 0.6) is 0 Å². The number of nitrogens with zero attached hydrogens (tertiary/aromatic N) is 3. The van der Waals surface area contributed by atoms with Crippen molar-refractivity contribution in [3.8, 4) is 0 Å². The van der Waals surface area contributed by atoms with Gasteiger partial charge >= 0.3 is 0 Å². The zero-order valence-corrected chi connectivity index (χ0v) is 11.4. The average Bonchev–Trinajstić information content (AvgIpc) is 2.66. The Kier molecular flexibility index (Phi) is 3.71. The van der Waals surface area contributed by atoms with Gasteiger partial charge < -0.3 is 10.4 Å². The van der Waals surface area contributed by atoms with Gasteiger partial charge in [-0.3, -0.25) is 0 Å². The van der Waals surface area contributed by atoms with E-state index in [1.807, 2.05) is 0 Å². The van der Waals surface area contributed by atoms with E-state index in [0.29, 0.717) is 30.5 Å². The highest BCUT2D eigenvalue weighted by molar-refractivity contribution is 5.43. The van der Waals surface area contributed by atoms with Gasteiger partial charge in [-0.25, -0.2) is 8.91 Å². The van der Waals surface area contributed by atoms with Crippen molar-refractivity contribution in [2.45, 2.75) is 32.8 Å². The summed E-state index contributed by atoms with van der Waals surface area (Å²) in [7, 11) is 0. The van der Waals surface area contributed by atoms with Gasteiger partial charge in [0.15, 0.2) is 5.65 Å². The fraction of sp³-hybridized carbons (Fsp3) is 0.538. The van der Waals surface area contributed by atoms with Gasteiger partial charge in [0, 0.05) is 6.54 Å². The summed E-state index contributed by atoms with van der Waals surface area (Å²) in [5.74, 6) is 0.422. The number of hydrogen-bond donors (Lipinski definition) is 2. The summed E-state index contributed by atoms with van der Waals surface area (Å²) >= 11 is 0. The average molecular weight is 266 g/mol. The Morgan fingerprint density at radius 3 is 2.89 bits per heavy atom. The molecule has 1 atom stereocenters. The Bertz CT molecular complexity index is 565. The van der Waals surface area contributed by atoms with E-state index >= 15 is 0 Å². The molecule has 2 aromatic rings. The van der Waals surface area contributed by atoms with E-state index in [4.69, 9.17) is 0 Å². The molecule has 2 rings (SSSR count). The molecular weight excluding hydrogens is 247 g/mol. The lowest BCUT2D eigenvalue weighted by atomic mass is 9.94. The second-order valence-electron chi connectivity index (χ2n) is 5.53. The van der Waals surface area contributed by atoms with Gasteiger partial charge in [0.2, 0.25) is 5.95 Å². The van der Waals surface area contributed by atoms with E-state index in [0.717, 1.165) is 0 Å². The molecule has 0 aromatic carbocycles. The topological polar surface area (TPSA) is 62.5 Å². The zero-order chi connectivity index (χ0) is 14.0. The van der Waals surface area contributed by atoms with Gasteiger partial charge in [0.1, 0.15) is 5.82 Å². The van der Waals surface area contributed by atoms with E-state index < -0.39 is 5.60 Å². The van der Waals surface area contributed by atoms with Crippen molar-refractivity contribution in [1.29, 1.82) is 0 Å². The highest BCUT2D eigenvalue weighted by atomic mass is 19.1. The second-order valence-corrected chi connectivity index (χ2v) is 5.53. The molecule has 0 bridgehead atoms. The molecule has 5 nitrogen and oxygen atoms in total. The van der Waals surface area contributed by atoms with E-state index in [1.54, 1.807) is 13.0 Å². The minimum atomic E-state index is -0.823. The zero-order valence-electron chi connectivity index (χ0n) is 11.4. The number of aliphatic hydroxyl groups is 1. The van der Waals surface area contributed by atoms with Crippen LogP contribution in [0, 0.1) is 11.7 Å². The van der Waals surface area contributed by atoms with Crippen molar-refractivity contribution in [1.82, 2.24) is 14.6 Å². The number of halogens is 1. The fourth-order valence-corrected chi connectivity index (χ4v) is 2.15. The third kappa shape index (κ3) is 3.64. The standard InChI is InChI=1S/C13H19FN4O/c1-9(2)6-13(3,19)8-15-12-16-11-5-4-10(14)7-18(11)17-12/h4-5,7,9,19H,6,8H2,1-3H3,(H,15,17). The number of hydrogen-bond acceptors (Lipinski definition) is 4. The molecule has 19 heavy (non-hydrogen) atoms. The molecule has 6 heteroatoms. The minimum absolute atomic E-state index is 0.352. The second kappa shape index (κ2) is 5.13. The molecular formula is C13H19FN4O. The number of nitrogens with one attached hydrogen (secondary N) is 1. The largest absolute Gasteiger partial charge is 0.388 e. The van der Waals surface area contributed by atoms with Crippen molar-refractivity contribution in [3.63, 3.8) is 0 Å². The van der Waals surface area contributed by atoms with E-state index in [2.05, 4.69) is 29.2 Å². The lowest BCUT2D eigenvalue weighted by Gasteiger charge is -2.25. The third-order valence-electron chi connectivity index (χ3n) is 2.77. The Morgan fingerprint density at radius 2 is 2.21 bits per heavy atom. The molecule has 0 radical (unpaired) electrons. The third-order valence-corrected chi connectivity index (χ3v) is 2.77. The fourth-order valence-electron chi connectivity index (χ4n) is 2.15. The lowest BCUT2D eigenvalue weighted by molar-refractivity contribution is 0.0514. The van der Waals surface area contributed by atoms with Gasteiger partial charge in [-0.2, -0.15) is 4.98 Å². The highest BCUT2D eigenvalue weighted by Crippen LogP contribution is 2.17.